The van der Waals surface area contributed by atoms with Crippen molar-refractivity contribution in [2.45, 2.75) is 25.3 Å². The standard InChI is InChI=1S/C15H19N3O2/c1-20-14-6-4-12(5-7-14)17-13(11-16)10-15(19)18-8-2-3-9-18/h4-7,13,17H,2-3,8-10H2,1H3. The summed E-state index contributed by atoms with van der Waals surface area (Å²) in [4.78, 5) is 13.9. The van der Waals surface area contributed by atoms with Gasteiger partial charge in [0.15, 0.2) is 0 Å². The SMILES string of the molecule is COc1ccc(NC(C#N)CC(=O)N2CCCC2)cc1. The van der Waals surface area contributed by atoms with Gasteiger partial charge in [0.1, 0.15) is 11.8 Å². The number of ether oxygens (including phenoxy) is 1. The van der Waals surface area contributed by atoms with Gasteiger partial charge in [0.2, 0.25) is 5.91 Å². The Labute approximate surface area is 119 Å². The number of nitriles is 1. The molecule has 1 atom stereocenters. The van der Waals surface area contributed by atoms with Gasteiger partial charge in [-0.3, -0.25) is 4.79 Å². The average molecular weight is 273 g/mol. The highest BCUT2D eigenvalue weighted by Crippen LogP contribution is 2.17. The number of hydrogen-bond donors (Lipinski definition) is 1. The maximum atomic E-state index is 12.0. The molecule has 0 spiro atoms. The van der Waals surface area contributed by atoms with Gasteiger partial charge in [-0.25, -0.2) is 0 Å². The van der Waals surface area contributed by atoms with Crippen LogP contribution in [0.25, 0.3) is 0 Å². The van der Waals surface area contributed by atoms with Crippen LogP contribution in [-0.2, 0) is 4.79 Å². The van der Waals surface area contributed by atoms with Crippen LogP contribution in [0.3, 0.4) is 0 Å². The van der Waals surface area contributed by atoms with E-state index in [2.05, 4.69) is 11.4 Å². The lowest BCUT2D eigenvalue weighted by atomic mass is 10.2. The van der Waals surface area contributed by atoms with Crippen molar-refractivity contribution >= 4 is 11.6 Å². The van der Waals surface area contributed by atoms with Crippen LogP contribution in [0.2, 0.25) is 0 Å². The molecule has 0 bridgehead atoms. The maximum absolute atomic E-state index is 12.0. The minimum absolute atomic E-state index is 0.0510. The van der Waals surface area contributed by atoms with E-state index in [9.17, 15) is 10.1 Å². The van der Waals surface area contributed by atoms with Crippen LogP contribution in [0.15, 0.2) is 24.3 Å². The summed E-state index contributed by atoms with van der Waals surface area (Å²) in [6.45, 7) is 1.64. The fourth-order valence-electron chi connectivity index (χ4n) is 2.29. The number of rotatable bonds is 5. The molecule has 1 aromatic carbocycles. The number of nitrogens with one attached hydrogen (secondary N) is 1. The lowest BCUT2D eigenvalue weighted by molar-refractivity contribution is -0.130. The fraction of sp³-hybridized carbons (Fsp3) is 0.467. The van der Waals surface area contributed by atoms with E-state index < -0.39 is 6.04 Å². The van der Waals surface area contributed by atoms with Crippen LogP contribution in [0, 0.1) is 11.3 Å². The number of anilines is 1. The van der Waals surface area contributed by atoms with Gasteiger partial charge in [-0.05, 0) is 37.1 Å². The molecule has 0 saturated carbocycles. The van der Waals surface area contributed by atoms with Crippen molar-refractivity contribution in [2.24, 2.45) is 0 Å². The molecule has 0 aromatic heterocycles. The first-order chi connectivity index (χ1) is 9.72. The maximum Gasteiger partial charge on any atom is 0.225 e. The summed E-state index contributed by atoms with van der Waals surface area (Å²) in [6.07, 6.45) is 2.34. The summed E-state index contributed by atoms with van der Waals surface area (Å²) in [5.41, 5.74) is 0.812. The molecule has 1 aliphatic heterocycles. The average Bonchev–Trinajstić information content (AvgIpc) is 3.01. The van der Waals surface area contributed by atoms with E-state index in [4.69, 9.17) is 4.74 Å². The summed E-state index contributed by atoms with van der Waals surface area (Å²) in [5.74, 6) is 0.812. The van der Waals surface area contributed by atoms with Gasteiger partial charge in [0.05, 0.1) is 19.6 Å². The third kappa shape index (κ3) is 3.64. The van der Waals surface area contributed by atoms with E-state index in [-0.39, 0.29) is 12.3 Å². The molecule has 2 rings (SSSR count). The predicted octanol–water partition coefficient (Wildman–Crippen LogP) is 2.01. The topological polar surface area (TPSA) is 65.4 Å². The number of carbonyl (C=O) groups is 1. The summed E-state index contributed by atoms with van der Waals surface area (Å²) >= 11 is 0. The third-order valence-electron chi connectivity index (χ3n) is 3.42. The zero-order valence-corrected chi connectivity index (χ0v) is 11.6. The summed E-state index contributed by atoms with van der Waals surface area (Å²) in [5, 5.41) is 12.2. The van der Waals surface area contributed by atoms with E-state index in [1.807, 2.05) is 29.2 Å². The van der Waals surface area contributed by atoms with Crippen molar-refractivity contribution < 1.29 is 9.53 Å². The molecule has 1 saturated heterocycles. The van der Waals surface area contributed by atoms with Gasteiger partial charge >= 0.3 is 0 Å². The van der Waals surface area contributed by atoms with Crippen molar-refractivity contribution in [2.75, 3.05) is 25.5 Å². The van der Waals surface area contributed by atoms with Crippen molar-refractivity contribution in [3.63, 3.8) is 0 Å². The molecule has 0 radical (unpaired) electrons. The molecule has 5 heteroatoms. The lowest BCUT2D eigenvalue weighted by Gasteiger charge is -2.18. The van der Waals surface area contributed by atoms with Crippen LogP contribution in [0.4, 0.5) is 5.69 Å². The quantitative estimate of drug-likeness (QED) is 0.891. The first kappa shape index (κ1) is 14.2. The Morgan fingerprint density at radius 3 is 2.60 bits per heavy atom. The highest BCUT2D eigenvalue weighted by atomic mass is 16.5. The van der Waals surface area contributed by atoms with Gasteiger partial charge < -0.3 is 15.0 Å². The number of methoxy groups -OCH3 is 1. The Kier molecular flexibility index (Phi) is 4.83. The Hall–Kier alpha value is -2.22. The van der Waals surface area contributed by atoms with Gasteiger partial charge in [-0.15, -0.1) is 0 Å². The van der Waals surface area contributed by atoms with Crippen molar-refractivity contribution in [3.05, 3.63) is 24.3 Å². The third-order valence-corrected chi connectivity index (χ3v) is 3.42. The van der Waals surface area contributed by atoms with E-state index in [0.717, 1.165) is 37.4 Å². The molecule has 5 nitrogen and oxygen atoms in total. The fourth-order valence-corrected chi connectivity index (χ4v) is 2.29. The molecular formula is C15H19N3O2. The molecule has 20 heavy (non-hydrogen) atoms. The second kappa shape index (κ2) is 6.80. The second-order valence-corrected chi connectivity index (χ2v) is 4.85. The molecule has 1 aliphatic rings. The van der Waals surface area contributed by atoms with E-state index in [0.29, 0.717) is 0 Å². The largest absolute Gasteiger partial charge is 0.497 e. The number of benzene rings is 1. The van der Waals surface area contributed by atoms with Gasteiger partial charge in [-0.1, -0.05) is 0 Å². The summed E-state index contributed by atoms with van der Waals surface area (Å²) in [7, 11) is 1.61. The minimum atomic E-state index is -0.503. The van der Waals surface area contributed by atoms with E-state index in [1.54, 1.807) is 7.11 Å². The summed E-state index contributed by atoms with van der Waals surface area (Å²) in [6, 6.07) is 8.95. The number of hydrogen-bond acceptors (Lipinski definition) is 4. The van der Waals surface area contributed by atoms with E-state index in [1.165, 1.54) is 0 Å². The first-order valence-corrected chi connectivity index (χ1v) is 6.81. The number of amides is 1. The summed E-state index contributed by atoms with van der Waals surface area (Å²) < 4.78 is 5.08. The number of likely N-dealkylation sites (tertiary alicyclic amines) is 1. The molecule has 1 heterocycles. The van der Waals surface area contributed by atoms with Crippen LogP contribution in [0.5, 0.6) is 5.75 Å². The molecule has 1 aromatic rings. The molecular weight excluding hydrogens is 254 g/mol. The van der Waals surface area contributed by atoms with Crippen molar-refractivity contribution in [1.29, 1.82) is 5.26 Å². The molecule has 106 valence electrons. The number of nitrogens with zero attached hydrogens (tertiary/aromatic N) is 2. The van der Waals surface area contributed by atoms with Gasteiger partial charge in [-0.2, -0.15) is 5.26 Å². The Morgan fingerprint density at radius 1 is 1.40 bits per heavy atom. The second-order valence-electron chi connectivity index (χ2n) is 4.85. The molecule has 1 N–H and O–H groups in total. The molecule has 1 amide bonds. The predicted molar refractivity (Wildman–Crippen MR) is 76.4 cm³/mol. The smallest absolute Gasteiger partial charge is 0.225 e. The number of carbonyl (C=O) groups excluding carboxylic acids is 1. The molecule has 1 fully saturated rings. The monoisotopic (exact) mass is 273 g/mol. The zero-order chi connectivity index (χ0) is 14.4. The van der Waals surface area contributed by atoms with Crippen molar-refractivity contribution in [1.82, 2.24) is 4.90 Å². The minimum Gasteiger partial charge on any atom is -0.497 e. The lowest BCUT2D eigenvalue weighted by Crippen LogP contribution is -2.32. The Morgan fingerprint density at radius 2 is 2.05 bits per heavy atom. The normalized spacial score (nSPS) is 15.5. The highest BCUT2D eigenvalue weighted by Gasteiger charge is 2.21. The highest BCUT2D eigenvalue weighted by molar-refractivity contribution is 5.78. The van der Waals surface area contributed by atoms with Crippen LogP contribution < -0.4 is 10.1 Å². The molecule has 0 aliphatic carbocycles. The molecule has 1 unspecified atom stereocenters. The van der Waals surface area contributed by atoms with Gasteiger partial charge in [0.25, 0.3) is 0 Å². The first-order valence-electron chi connectivity index (χ1n) is 6.81. The van der Waals surface area contributed by atoms with Crippen molar-refractivity contribution in [3.8, 4) is 11.8 Å². The zero-order valence-electron chi connectivity index (χ0n) is 11.6. The van der Waals surface area contributed by atoms with Gasteiger partial charge in [0, 0.05) is 18.8 Å². The van der Waals surface area contributed by atoms with Crippen LogP contribution in [0.1, 0.15) is 19.3 Å². The Balaban J connectivity index is 1.91. The van der Waals surface area contributed by atoms with E-state index >= 15 is 0 Å². The van der Waals surface area contributed by atoms with Crippen LogP contribution in [-0.4, -0.2) is 37.0 Å². The van der Waals surface area contributed by atoms with Crippen LogP contribution >= 0.6 is 0 Å². The Bertz CT molecular complexity index is 487.